The molecule has 0 spiro atoms. The molecular formula is C21H22ClFN2O2. The van der Waals surface area contributed by atoms with Crippen molar-refractivity contribution < 1.29 is 13.9 Å². The lowest BCUT2D eigenvalue weighted by molar-refractivity contribution is 0.0728. The molecule has 1 heterocycles. The van der Waals surface area contributed by atoms with Crippen molar-refractivity contribution >= 4 is 23.2 Å². The van der Waals surface area contributed by atoms with Crippen molar-refractivity contribution in [3.63, 3.8) is 0 Å². The van der Waals surface area contributed by atoms with Crippen LogP contribution in [-0.4, -0.2) is 43.2 Å². The first-order valence-corrected chi connectivity index (χ1v) is 9.68. The standard InChI is InChI=1S/C21H22ClFN2O2/c22-18-5-3-6-19(23)17(18)14-25(15-8-9-15)21(26)16-4-1-2-7-20(16)24-10-12-27-13-11-24/h1-7,15H,8-14H2. The number of hydrogen-bond donors (Lipinski definition) is 0. The van der Waals surface area contributed by atoms with Crippen LogP contribution in [0.2, 0.25) is 5.02 Å². The van der Waals surface area contributed by atoms with Gasteiger partial charge in [0.05, 0.1) is 25.3 Å². The lowest BCUT2D eigenvalue weighted by atomic mass is 10.1. The molecule has 1 saturated heterocycles. The number of hydrogen-bond acceptors (Lipinski definition) is 3. The summed E-state index contributed by atoms with van der Waals surface area (Å²) in [4.78, 5) is 17.4. The Balaban J connectivity index is 1.64. The van der Waals surface area contributed by atoms with Gasteiger partial charge in [-0.3, -0.25) is 4.79 Å². The summed E-state index contributed by atoms with van der Waals surface area (Å²) in [6.45, 7) is 3.01. The third kappa shape index (κ3) is 3.94. The predicted octanol–water partition coefficient (Wildman–Crippen LogP) is 4.12. The summed E-state index contributed by atoms with van der Waals surface area (Å²) in [6.07, 6.45) is 1.88. The van der Waals surface area contributed by atoms with Gasteiger partial charge in [0, 0.05) is 35.4 Å². The van der Waals surface area contributed by atoms with Crippen LogP contribution in [0.25, 0.3) is 0 Å². The van der Waals surface area contributed by atoms with E-state index in [4.69, 9.17) is 16.3 Å². The Morgan fingerprint density at radius 1 is 1.15 bits per heavy atom. The fourth-order valence-electron chi connectivity index (χ4n) is 3.50. The van der Waals surface area contributed by atoms with E-state index in [0.717, 1.165) is 31.6 Å². The number of para-hydroxylation sites is 1. The monoisotopic (exact) mass is 388 g/mol. The fourth-order valence-corrected chi connectivity index (χ4v) is 3.72. The van der Waals surface area contributed by atoms with Crippen molar-refractivity contribution in [1.29, 1.82) is 0 Å². The normalized spacial score (nSPS) is 17.0. The number of halogens is 2. The van der Waals surface area contributed by atoms with Gasteiger partial charge in [-0.15, -0.1) is 0 Å². The molecule has 0 aromatic heterocycles. The van der Waals surface area contributed by atoms with Crippen LogP contribution in [0.5, 0.6) is 0 Å². The largest absolute Gasteiger partial charge is 0.378 e. The van der Waals surface area contributed by atoms with Crippen molar-refractivity contribution in [2.45, 2.75) is 25.4 Å². The number of nitrogens with zero attached hydrogens (tertiary/aromatic N) is 2. The van der Waals surface area contributed by atoms with Crippen LogP contribution in [0.4, 0.5) is 10.1 Å². The zero-order valence-corrected chi connectivity index (χ0v) is 15.8. The zero-order chi connectivity index (χ0) is 18.8. The molecular weight excluding hydrogens is 367 g/mol. The van der Waals surface area contributed by atoms with E-state index < -0.39 is 0 Å². The molecule has 0 unspecified atom stereocenters. The number of morpholine rings is 1. The smallest absolute Gasteiger partial charge is 0.256 e. The molecule has 0 atom stereocenters. The molecule has 2 aliphatic rings. The van der Waals surface area contributed by atoms with Crippen molar-refractivity contribution in [1.82, 2.24) is 4.90 Å². The van der Waals surface area contributed by atoms with Gasteiger partial charge in [-0.1, -0.05) is 29.8 Å². The van der Waals surface area contributed by atoms with Crippen LogP contribution >= 0.6 is 11.6 Å². The quantitative estimate of drug-likeness (QED) is 0.772. The van der Waals surface area contributed by atoms with Gasteiger partial charge < -0.3 is 14.5 Å². The topological polar surface area (TPSA) is 32.8 Å². The van der Waals surface area contributed by atoms with Gasteiger partial charge in [0.15, 0.2) is 0 Å². The van der Waals surface area contributed by atoms with Crippen LogP contribution < -0.4 is 4.90 Å². The average Bonchev–Trinajstić information content (AvgIpc) is 3.53. The molecule has 2 aromatic carbocycles. The molecule has 2 aromatic rings. The molecule has 4 nitrogen and oxygen atoms in total. The molecule has 1 aliphatic heterocycles. The lowest BCUT2D eigenvalue weighted by Gasteiger charge is -2.32. The second-order valence-corrected chi connectivity index (χ2v) is 7.39. The minimum absolute atomic E-state index is 0.0705. The average molecular weight is 389 g/mol. The Kier molecular flexibility index (Phi) is 5.32. The van der Waals surface area contributed by atoms with Gasteiger partial charge in [-0.25, -0.2) is 4.39 Å². The Morgan fingerprint density at radius 3 is 2.59 bits per heavy atom. The van der Waals surface area contributed by atoms with Gasteiger partial charge in [-0.2, -0.15) is 0 Å². The molecule has 1 saturated carbocycles. The number of anilines is 1. The maximum atomic E-state index is 14.3. The van der Waals surface area contributed by atoms with E-state index in [-0.39, 0.29) is 24.3 Å². The lowest BCUT2D eigenvalue weighted by Crippen LogP contribution is -2.39. The Morgan fingerprint density at radius 2 is 1.89 bits per heavy atom. The molecule has 1 amide bonds. The van der Waals surface area contributed by atoms with Gasteiger partial charge in [-0.05, 0) is 37.1 Å². The number of rotatable bonds is 5. The number of benzene rings is 2. The third-order valence-electron chi connectivity index (χ3n) is 5.12. The predicted molar refractivity (Wildman–Crippen MR) is 104 cm³/mol. The number of carbonyl (C=O) groups is 1. The molecule has 4 rings (SSSR count). The minimum Gasteiger partial charge on any atom is -0.378 e. The Hall–Kier alpha value is -2.11. The highest BCUT2D eigenvalue weighted by Gasteiger charge is 2.35. The van der Waals surface area contributed by atoms with Crippen molar-refractivity contribution in [2.24, 2.45) is 0 Å². The Bertz CT molecular complexity index is 814. The number of carbonyl (C=O) groups excluding carboxylic acids is 1. The van der Waals surface area contributed by atoms with Gasteiger partial charge in [0.25, 0.3) is 5.91 Å². The van der Waals surface area contributed by atoms with Gasteiger partial charge in [0.1, 0.15) is 5.82 Å². The van der Waals surface area contributed by atoms with E-state index >= 15 is 0 Å². The maximum absolute atomic E-state index is 14.3. The van der Waals surface area contributed by atoms with Crippen LogP contribution in [0.3, 0.4) is 0 Å². The van der Waals surface area contributed by atoms with Crippen molar-refractivity contribution in [2.75, 3.05) is 31.2 Å². The van der Waals surface area contributed by atoms with Crippen LogP contribution in [0, 0.1) is 5.82 Å². The molecule has 0 N–H and O–H groups in total. The molecule has 0 bridgehead atoms. The Labute approximate surface area is 163 Å². The first-order chi connectivity index (χ1) is 13.1. The van der Waals surface area contributed by atoms with E-state index in [0.29, 0.717) is 29.4 Å². The van der Waals surface area contributed by atoms with Crippen molar-refractivity contribution in [3.8, 4) is 0 Å². The molecule has 2 fully saturated rings. The zero-order valence-electron chi connectivity index (χ0n) is 15.0. The molecule has 1 aliphatic carbocycles. The van der Waals surface area contributed by atoms with E-state index in [1.165, 1.54) is 6.07 Å². The molecule has 0 radical (unpaired) electrons. The van der Waals surface area contributed by atoms with Gasteiger partial charge >= 0.3 is 0 Å². The second-order valence-electron chi connectivity index (χ2n) is 6.98. The van der Waals surface area contributed by atoms with Crippen LogP contribution in [0.15, 0.2) is 42.5 Å². The molecule has 6 heteroatoms. The molecule has 142 valence electrons. The first-order valence-electron chi connectivity index (χ1n) is 9.30. The molecule has 27 heavy (non-hydrogen) atoms. The fraction of sp³-hybridized carbons (Fsp3) is 0.381. The summed E-state index contributed by atoms with van der Waals surface area (Å²) in [7, 11) is 0. The summed E-state index contributed by atoms with van der Waals surface area (Å²) < 4.78 is 19.7. The highest BCUT2D eigenvalue weighted by atomic mass is 35.5. The van der Waals surface area contributed by atoms with Crippen LogP contribution in [0.1, 0.15) is 28.8 Å². The van der Waals surface area contributed by atoms with E-state index in [1.807, 2.05) is 24.3 Å². The SMILES string of the molecule is O=C(c1ccccc1N1CCOCC1)N(Cc1c(F)cccc1Cl)C1CC1. The first kappa shape index (κ1) is 18.3. The van der Waals surface area contributed by atoms with Crippen LogP contribution in [-0.2, 0) is 11.3 Å². The highest BCUT2D eigenvalue weighted by Crippen LogP contribution is 2.33. The number of amides is 1. The summed E-state index contributed by atoms with van der Waals surface area (Å²) in [5.74, 6) is -0.443. The maximum Gasteiger partial charge on any atom is 0.256 e. The summed E-state index contributed by atoms with van der Waals surface area (Å²) >= 11 is 6.20. The highest BCUT2D eigenvalue weighted by molar-refractivity contribution is 6.31. The van der Waals surface area contributed by atoms with E-state index in [1.54, 1.807) is 17.0 Å². The third-order valence-corrected chi connectivity index (χ3v) is 5.48. The van der Waals surface area contributed by atoms with Gasteiger partial charge in [0.2, 0.25) is 0 Å². The van der Waals surface area contributed by atoms with Crippen molar-refractivity contribution in [3.05, 3.63) is 64.4 Å². The van der Waals surface area contributed by atoms with E-state index in [9.17, 15) is 9.18 Å². The van der Waals surface area contributed by atoms with E-state index in [2.05, 4.69) is 4.90 Å². The minimum atomic E-state index is -0.373. The number of ether oxygens (including phenoxy) is 1. The summed E-state index contributed by atoms with van der Waals surface area (Å²) in [5, 5.41) is 0.356. The summed E-state index contributed by atoms with van der Waals surface area (Å²) in [6, 6.07) is 12.4. The summed E-state index contributed by atoms with van der Waals surface area (Å²) in [5.41, 5.74) is 1.94. The second kappa shape index (κ2) is 7.87.